The fourth-order valence-electron chi connectivity index (χ4n) is 1.91. The summed E-state index contributed by atoms with van der Waals surface area (Å²) in [7, 11) is 1.63. The van der Waals surface area contributed by atoms with Crippen LogP contribution in [-0.2, 0) is 0 Å². The molecule has 4 nitrogen and oxygen atoms in total. The standard InChI is InChI=1S/C17H21NO3/c1-12-4-7-16(17(10-12)19-3)21-9-8-20-14-6-5-13(2)15(18)11-14/h4-7,10-11H,8-9,18H2,1-3H3. The molecule has 0 radical (unpaired) electrons. The lowest BCUT2D eigenvalue weighted by Gasteiger charge is -2.12. The molecule has 21 heavy (non-hydrogen) atoms. The van der Waals surface area contributed by atoms with Crippen LogP contribution in [0.4, 0.5) is 5.69 Å². The summed E-state index contributed by atoms with van der Waals surface area (Å²) >= 11 is 0. The fourth-order valence-corrected chi connectivity index (χ4v) is 1.91. The second-order valence-electron chi connectivity index (χ2n) is 4.87. The fraction of sp³-hybridized carbons (Fsp3) is 0.294. The Labute approximate surface area is 125 Å². The summed E-state index contributed by atoms with van der Waals surface area (Å²) in [5.74, 6) is 2.20. The molecule has 2 N–H and O–H groups in total. The molecule has 0 aliphatic rings. The number of hydrogen-bond donors (Lipinski definition) is 1. The highest BCUT2D eigenvalue weighted by molar-refractivity contribution is 5.50. The summed E-state index contributed by atoms with van der Waals surface area (Å²) in [5, 5.41) is 0. The highest BCUT2D eigenvalue weighted by atomic mass is 16.5. The second kappa shape index (κ2) is 6.88. The molecule has 0 spiro atoms. The Kier molecular flexibility index (Phi) is 4.93. The molecule has 0 saturated heterocycles. The third-order valence-electron chi connectivity index (χ3n) is 3.18. The van der Waals surface area contributed by atoms with Crippen molar-refractivity contribution < 1.29 is 14.2 Å². The van der Waals surface area contributed by atoms with Crippen molar-refractivity contribution in [2.24, 2.45) is 0 Å². The third kappa shape index (κ3) is 4.05. The molecular formula is C17H21NO3. The van der Waals surface area contributed by atoms with E-state index in [-0.39, 0.29) is 0 Å². The summed E-state index contributed by atoms with van der Waals surface area (Å²) in [6.07, 6.45) is 0. The van der Waals surface area contributed by atoms with Gasteiger partial charge in [0.2, 0.25) is 0 Å². The number of aryl methyl sites for hydroxylation is 2. The van der Waals surface area contributed by atoms with Gasteiger partial charge in [0.15, 0.2) is 11.5 Å². The maximum atomic E-state index is 5.84. The van der Waals surface area contributed by atoms with Crippen LogP contribution >= 0.6 is 0 Å². The predicted molar refractivity (Wildman–Crippen MR) is 84.3 cm³/mol. The Morgan fingerprint density at radius 2 is 1.67 bits per heavy atom. The number of anilines is 1. The van der Waals surface area contributed by atoms with Crippen molar-refractivity contribution in [2.75, 3.05) is 26.1 Å². The van der Waals surface area contributed by atoms with Gasteiger partial charge >= 0.3 is 0 Å². The third-order valence-corrected chi connectivity index (χ3v) is 3.18. The molecule has 0 bridgehead atoms. The summed E-state index contributed by atoms with van der Waals surface area (Å²) in [4.78, 5) is 0. The minimum Gasteiger partial charge on any atom is -0.493 e. The number of hydrogen-bond acceptors (Lipinski definition) is 4. The number of ether oxygens (including phenoxy) is 3. The van der Waals surface area contributed by atoms with E-state index in [0.717, 1.165) is 34.1 Å². The Morgan fingerprint density at radius 1 is 0.905 bits per heavy atom. The van der Waals surface area contributed by atoms with Crippen LogP contribution in [-0.4, -0.2) is 20.3 Å². The minimum absolute atomic E-state index is 0.438. The second-order valence-corrected chi connectivity index (χ2v) is 4.87. The molecule has 2 rings (SSSR count). The van der Waals surface area contributed by atoms with Crippen LogP contribution in [0.5, 0.6) is 17.2 Å². The zero-order valence-electron chi connectivity index (χ0n) is 12.7. The maximum absolute atomic E-state index is 5.84. The van der Waals surface area contributed by atoms with Gasteiger partial charge in [-0.3, -0.25) is 0 Å². The van der Waals surface area contributed by atoms with Crippen molar-refractivity contribution in [1.82, 2.24) is 0 Å². The first kappa shape index (κ1) is 15.0. The average molecular weight is 287 g/mol. The molecule has 0 unspecified atom stereocenters. The summed E-state index contributed by atoms with van der Waals surface area (Å²) in [6, 6.07) is 11.5. The van der Waals surface area contributed by atoms with Gasteiger partial charge in [-0.15, -0.1) is 0 Å². The van der Waals surface area contributed by atoms with Crippen molar-refractivity contribution >= 4 is 5.69 Å². The van der Waals surface area contributed by atoms with Crippen LogP contribution in [0, 0.1) is 13.8 Å². The molecule has 0 atom stereocenters. The quantitative estimate of drug-likeness (QED) is 0.654. The van der Waals surface area contributed by atoms with E-state index in [2.05, 4.69) is 0 Å². The van der Waals surface area contributed by atoms with Crippen LogP contribution in [0.2, 0.25) is 0 Å². The molecule has 0 heterocycles. The van der Waals surface area contributed by atoms with Crippen molar-refractivity contribution in [3.05, 3.63) is 47.5 Å². The highest BCUT2D eigenvalue weighted by Gasteiger charge is 2.04. The lowest BCUT2D eigenvalue weighted by molar-refractivity contribution is 0.211. The van der Waals surface area contributed by atoms with Crippen LogP contribution in [0.15, 0.2) is 36.4 Å². The number of methoxy groups -OCH3 is 1. The highest BCUT2D eigenvalue weighted by Crippen LogP contribution is 2.27. The van der Waals surface area contributed by atoms with Gasteiger partial charge < -0.3 is 19.9 Å². The van der Waals surface area contributed by atoms with Gasteiger partial charge in [0.05, 0.1) is 7.11 Å². The number of nitrogen functional groups attached to an aromatic ring is 1. The molecule has 112 valence electrons. The SMILES string of the molecule is COc1cc(C)ccc1OCCOc1ccc(C)c(N)c1. The van der Waals surface area contributed by atoms with Crippen molar-refractivity contribution in [3.63, 3.8) is 0 Å². The largest absolute Gasteiger partial charge is 0.493 e. The summed E-state index contributed by atoms with van der Waals surface area (Å²) in [6.45, 7) is 4.86. The van der Waals surface area contributed by atoms with Crippen molar-refractivity contribution in [1.29, 1.82) is 0 Å². The van der Waals surface area contributed by atoms with Gasteiger partial charge in [0, 0.05) is 11.8 Å². The summed E-state index contributed by atoms with van der Waals surface area (Å²) in [5.41, 5.74) is 8.74. The van der Waals surface area contributed by atoms with E-state index in [9.17, 15) is 0 Å². The lowest BCUT2D eigenvalue weighted by Crippen LogP contribution is -2.09. The molecule has 0 aromatic heterocycles. The molecule has 0 aliphatic heterocycles. The van der Waals surface area contributed by atoms with Gasteiger partial charge in [0.1, 0.15) is 19.0 Å². The molecule has 0 amide bonds. The topological polar surface area (TPSA) is 53.7 Å². The first-order valence-corrected chi connectivity index (χ1v) is 6.86. The first-order valence-electron chi connectivity index (χ1n) is 6.86. The van der Waals surface area contributed by atoms with E-state index < -0.39 is 0 Å². The molecular weight excluding hydrogens is 266 g/mol. The smallest absolute Gasteiger partial charge is 0.161 e. The van der Waals surface area contributed by atoms with E-state index in [0.29, 0.717) is 13.2 Å². The molecule has 4 heteroatoms. The normalized spacial score (nSPS) is 10.2. The van der Waals surface area contributed by atoms with Gasteiger partial charge in [-0.1, -0.05) is 12.1 Å². The van der Waals surface area contributed by atoms with E-state index in [1.165, 1.54) is 0 Å². The molecule has 0 saturated carbocycles. The first-order chi connectivity index (χ1) is 10.1. The molecule has 2 aromatic carbocycles. The van der Waals surface area contributed by atoms with Crippen LogP contribution in [0.3, 0.4) is 0 Å². The lowest BCUT2D eigenvalue weighted by atomic mass is 10.2. The monoisotopic (exact) mass is 287 g/mol. The van der Waals surface area contributed by atoms with E-state index in [4.69, 9.17) is 19.9 Å². The average Bonchev–Trinajstić information content (AvgIpc) is 2.48. The Morgan fingerprint density at radius 3 is 2.38 bits per heavy atom. The number of benzene rings is 2. The number of nitrogens with two attached hydrogens (primary N) is 1. The molecule has 0 fully saturated rings. The Bertz CT molecular complexity index is 611. The van der Waals surface area contributed by atoms with E-state index in [1.54, 1.807) is 7.11 Å². The van der Waals surface area contributed by atoms with Crippen molar-refractivity contribution in [3.8, 4) is 17.2 Å². The van der Waals surface area contributed by atoms with Gasteiger partial charge in [-0.05, 0) is 43.2 Å². The van der Waals surface area contributed by atoms with Crippen LogP contribution in [0.25, 0.3) is 0 Å². The van der Waals surface area contributed by atoms with E-state index in [1.807, 2.05) is 50.2 Å². The van der Waals surface area contributed by atoms with Gasteiger partial charge in [0.25, 0.3) is 0 Å². The Balaban J connectivity index is 1.86. The maximum Gasteiger partial charge on any atom is 0.161 e. The Hall–Kier alpha value is -2.36. The van der Waals surface area contributed by atoms with Crippen molar-refractivity contribution in [2.45, 2.75) is 13.8 Å². The zero-order valence-corrected chi connectivity index (χ0v) is 12.7. The molecule has 0 aliphatic carbocycles. The predicted octanol–water partition coefficient (Wildman–Crippen LogP) is 3.35. The van der Waals surface area contributed by atoms with Crippen LogP contribution < -0.4 is 19.9 Å². The molecule has 2 aromatic rings. The summed E-state index contributed by atoms with van der Waals surface area (Å²) < 4.78 is 16.6. The minimum atomic E-state index is 0.438. The van der Waals surface area contributed by atoms with Crippen LogP contribution in [0.1, 0.15) is 11.1 Å². The van der Waals surface area contributed by atoms with E-state index >= 15 is 0 Å². The number of rotatable bonds is 6. The van der Waals surface area contributed by atoms with Gasteiger partial charge in [-0.2, -0.15) is 0 Å². The van der Waals surface area contributed by atoms with Gasteiger partial charge in [-0.25, -0.2) is 0 Å². The zero-order chi connectivity index (χ0) is 15.2.